The van der Waals surface area contributed by atoms with Crippen LogP contribution in [0.2, 0.25) is 0 Å². The lowest BCUT2D eigenvalue weighted by Gasteiger charge is -2.48. The van der Waals surface area contributed by atoms with E-state index in [4.69, 9.17) is 0 Å². The summed E-state index contributed by atoms with van der Waals surface area (Å²) in [5.74, 6) is 9.40. The highest BCUT2D eigenvalue weighted by Crippen LogP contribution is 2.60. The lowest BCUT2D eigenvalue weighted by molar-refractivity contribution is -0.140. The predicted molar refractivity (Wildman–Crippen MR) is 170 cm³/mol. The zero-order chi connectivity index (χ0) is 30.5. The fraction of sp³-hybridized carbons (Fsp3) is 0.897. The summed E-state index contributed by atoms with van der Waals surface area (Å²) in [4.78, 5) is 45.9. The Hall–Kier alpha value is -1.32. The van der Waals surface area contributed by atoms with Crippen molar-refractivity contribution in [3.63, 3.8) is 0 Å². The summed E-state index contributed by atoms with van der Waals surface area (Å²) in [5, 5.41) is 0. The molecule has 0 aromatic carbocycles. The average Bonchev–Trinajstić information content (AvgIpc) is 3.78. The smallest absolute Gasteiger partial charge is 0.144 e. The van der Waals surface area contributed by atoms with Gasteiger partial charge < -0.3 is 0 Å². The first-order valence-corrected chi connectivity index (χ1v) is 18.6. The molecule has 10 saturated carbocycles. The van der Waals surface area contributed by atoms with E-state index in [0.717, 1.165) is 81.0 Å². The monoisotopic (exact) mass is 592 g/mol. The van der Waals surface area contributed by atoms with E-state index in [9.17, 15) is 19.2 Å². The molecule has 0 aliphatic heterocycles. The summed E-state index contributed by atoms with van der Waals surface area (Å²) in [6.45, 7) is 8.53. The molecule has 0 N–H and O–H groups in total. The Morgan fingerprint density at radius 1 is 0.721 bits per heavy atom. The van der Waals surface area contributed by atoms with E-state index in [1.165, 1.54) is 70.6 Å². The van der Waals surface area contributed by atoms with Gasteiger partial charge in [-0.05, 0) is 125 Å². The lowest BCUT2D eigenvalue weighted by Crippen LogP contribution is -2.45. The number of fused-ring (bicyclic) bond motifs is 7. The van der Waals surface area contributed by atoms with Gasteiger partial charge in [0.05, 0.1) is 0 Å². The van der Waals surface area contributed by atoms with Gasteiger partial charge in [0.2, 0.25) is 0 Å². The number of carbonyl (C=O) groups excluding carboxylic acids is 4. The zero-order valence-electron chi connectivity index (χ0n) is 27.8. The molecule has 7 unspecified atom stereocenters. The van der Waals surface area contributed by atoms with E-state index in [1.807, 2.05) is 0 Å². The van der Waals surface area contributed by atoms with E-state index in [0.29, 0.717) is 52.7 Å². The van der Waals surface area contributed by atoms with Gasteiger partial charge in [0.1, 0.15) is 23.1 Å². The maximum absolute atomic E-state index is 11.8. The molecule has 4 nitrogen and oxygen atoms in total. The largest absolute Gasteiger partial charge is 0.299 e. The third-order valence-corrected chi connectivity index (χ3v) is 14.3. The van der Waals surface area contributed by atoms with Crippen molar-refractivity contribution in [2.75, 3.05) is 0 Å². The van der Waals surface area contributed by atoms with Gasteiger partial charge in [0.25, 0.3) is 0 Å². The first kappa shape index (κ1) is 31.7. The number of rotatable bonds is 2. The van der Waals surface area contributed by atoms with E-state index < -0.39 is 0 Å². The molecule has 0 aromatic rings. The maximum atomic E-state index is 11.8. The standard InChI is InChI=1S/2C10H14O.C10H16O.C9H16O/c11-10-8-2-6-1-7(4-8)5-9(10)3-6;11-10-5-6-4-9(10)8-3-1-2-7(6)8;1-9(2)7-4-5-10(3,6-7)8(9)11;1-2-5-8-6-3-4-7-9(8)10/h2*6-9H,1-5H2;7H,4-6H2,1-3H3;8H,2-7H2,1H3. The summed E-state index contributed by atoms with van der Waals surface area (Å²) >= 11 is 0. The van der Waals surface area contributed by atoms with Crippen molar-refractivity contribution in [2.24, 2.45) is 70.0 Å². The molecule has 0 saturated heterocycles. The minimum atomic E-state index is -0.00694. The fourth-order valence-corrected chi connectivity index (χ4v) is 12.2. The molecule has 10 rings (SSSR count). The summed E-state index contributed by atoms with van der Waals surface area (Å²) in [5.41, 5.74) is 0.0567. The van der Waals surface area contributed by atoms with Crippen LogP contribution in [0.4, 0.5) is 0 Å². The van der Waals surface area contributed by atoms with Crippen molar-refractivity contribution < 1.29 is 19.2 Å². The summed E-state index contributed by atoms with van der Waals surface area (Å²) in [6, 6.07) is 0. The van der Waals surface area contributed by atoms with E-state index in [-0.39, 0.29) is 10.8 Å². The number of hydrogen-bond donors (Lipinski definition) is 0. The highest BCUT2D eigenvalue weighted by molar-refractivity contribution is 5.93. The van der Waals surface area contributed by atoms with Crippen LogP contribution < -0.4 is 0 Å². The van der Waals surface area contributed by atoms with E-state index in [2.05, 4.69) is 27.7 Å². The van der Waals surface area contributed by atoms with Crippen LogP contribution in [-0.2, 0) is 19.2 Å². The average molecular weight is 593 g/mol. The van der Waals surface area contributed by atoms with Crippen molar-refractivity contribution in [1.29, 1.82) is 0 Å². The van der Waals surface area contributed by atoms with Crippen LogP contribution >= 0.6 is 0 Å². The van der Waals surface area contributed by atoms with Crippen LogP contribution in [0.25, 0.3) is 0 Å². The minimum absolute atomic E-state index is 0.00694. The number of hydrogen-bond acceptors (Lipinski definition) is 4. The number of carbonyl (C=O) groups is 4. The summed E-state index contributed by atoms with van der Waals surface area (Å²) in [7, 11) is 0. The van der Waals surface area contributed by atoms with Crippen LogP contribution in [0.5, 0.6) is 0 Å². The van der Waals surface area contributed by atoms with Crippen LogP contribution in [-0.4, -0.2) is 23.1 Å². The Morgan fingerprint density at radius 3 is 1.95 bits per heavy atom. The van der Waals surface area contributed by atoms with Gasteiger partial charge >= 0.3 is 0 Å². The summed E-state index contributed by atoms with van der Waals surface area (Å²) < 4.78 is 0. The van der Waals surface area contributed by atoms with Crippen molar-refractivity contribution in [3.05, 3.63) is 0 Å². The van der Waals surface area contributed by atoms with Crippen molar-refractivity contribution >= 4 is 23.1 Å². The van der Waals surface area contributed by atoms with Gasteiger partial charge in [-0.2, -0.15) is 0 Å². The van der Waals surface area contributed by atoms with Crippen LogP contribution in [0.15, 0.2) is 0 Å². The highest BCUT2D eigenvalue weighted by atomic mass is 16.1. The van der Waals surface area contributed by atoms with Gasteiger partial charge in [0, 0.05) is 47.3 Å². The van der Waals surface area contributed by atoms with Gasteiger partial charge in [-0.1, -0.05) is 47.0 Å². The highest BCUT2D eigenvalue weighted by Gasteiger charge is 2.59. The fourth-order valence-electron chi connectivity index (χ4n) is 12.2. The molecule has 0 heterocycles. The SMILES string of the molecule is CC12CCC(C1)C(C)(C)C2=O.CCCC1CCCCC1=O.O=C1C2CC3CC(C2)CC1C3.O=C1CC2CC1C1CCCC21. The predicted octanol–water partition coefficient (Wildman–Crippen LogP) is 8.97. The number of ketones is 4. The minimum Gasteiger partial charge on any atom is -0.299 e. The first-order chi connectivity index (χ1) is 20.5. The Balaban J connectivity index is 0.000000102. The third kappa shape index (κ3) is 6.13. The van der Waals surface area contributed by atoms with Gasteiger partial charge in [0.15, 0.2) is 0 Å². The first-order valence-electron chi connectivity index (χ1n) is 18.6. The molecule has 0 aromatic heterocycles. The van der Waals surface area contributed by atoms with Gasteiger partial charge in [-0.25, -0.2) is 0 Å². The third-order valence-electron chi connectivity index (χ3n) is 14.3. The molecule has 10 fully saturated rings. The number of Topliss-reactive ketones (excluding diaryl/α,β-unsaturated/α-hetero) is 4. The van der Waals surface area contributed by atoms with Crippen molar-refractivity contribution in [3.8, 4) is 0 Å². The van der Waals surface area contributed by atoms with Crippen LogP contribution in [0.3, 0.4) is 0 Å². The second-order valence-corrected chi connectivity index (χ2v) is 17.5. The zero-order valence-corrected chi connectivity index (χ0v) is 27.8. The lowest BCUT2D eigenvalue weighted by atomic mass is 9.56. The second kappa shape index (κ2) is 12.5. The molecule has 240 valence electrons. The Kier molecular flexibility index (Phi) is 9.18. The van der Waals surface area contributed by atoms with Crippen molar-refractivity contribution in [1.82, 2.24) is 0 Å². The van der Waals surface area contributed by atoms with Crippen LogP contribution in [0, 0.1) is 70.0 Å². The molecule has 0 amide bonds. The maximum Gasteiger partial charge on any atom is 0.144 e. The molecule has 4 heteroatoms. The molecule has 7 atom stereocenters. The quantitative estimate of drug-likeness (QED) is 0.321. The Morgan fingerprint density at radius 2 is 1.40 bits per heavy atom. The second-order valence-electron chi connectivity index (χ2n) is 17.5. The van der Waals surface area contributed by atoms with Gasteiger partial charge in [-0.15, -0.1) is 0 Å². The van der Waals surface area contributed by atoms with Crippen LogP contribution in [0.1, 0.15) is 150 Å². The van der Waals surface area contributed by atoms with E-state index >= 15 is 0 Å². The molecule has 10 aliphatic rings. The van der Waals surface area contributed by atoms with Crippen molar-refractivity contribution in [2.45, 2.75) is 150 Å². The Bertz CT molecular complexity index is 1050. The molecule has 0 spiro atoms. The normalized spacial score (nSPS) is 45.7. The molecular formula is C39H60O4. The van der Waals surface area contributed by atoms with E-state index in [1.54, 1.807) is 0 Å². The molecular weight excluding hydrogens is 532 g/mol. The Labute approximate surface area is 261 Å². The molecule has 0 radical (unpaired) electrons. The van der Waals surface area contributed by atoms with Gasteiger partial charge in [-0.3, -0.25) is 19.2 Å². The topological polar surface area (TPSA) is 68.3 Å². The molecule has 43 heavy (non-hydrogen) atoms. The molecule has 8 bridgehead atoms. The summed E-state index contributed by atoms with van der Waals surface area (Å²) in [6.07, 6.45) is 23.1. The molecule has 10 aliphatic carbocycles.